The Balaban J connectivity index is 1.52. The first kappa shape index (κ1) is 17.0. The summed E-state index contributed by atoms with van der Waals surface area (Å²) < 4.78 is 11.5. The summed E-state index contributed by atoms with van der Waals surface area (Å²) in [7, 11) is 0. The van der Waals surface area contributed by atoms with Gasteiger partial charge in [-0.05, 0) is 44.6 Å². The Bertz CT molecular complexity index is 605. The lowest BCUT2D eigenvalue weighted by Crippen LogP contribution is -2.69. The molecule has 1 aliphatic heterocycles. The van der Waals surface area contributed by atoms with E-state index in [-0.39, 0.29) is 17.4 Å². The zero-order valence-electron chi connectivity index (χ0n) is 15.1. The molecule has 3 fully saturated rings. The second-order valence-corrected chi connectivity index (χ2v) is 7.85. The minimum absolute atomic E-state index is 0.188. The molecule has 0 aromatic heterocycles. The topological polar surface area (TPSA) is 47.6 Å². The Morgan fingerprint density at radius 2 is 1.92 bits per heavy atom. The third-order valence-electron chi connectivity index (χ3n) is 6.85. The Morgan fingerprint density at radius 3 is 2.52 bits per heavy atom. The van der Waals surface area contributed by atoms with Gasteiger partial charge in [0.05, 0.1) is 11.5 Å². The smallest absolute Gasteiger partial charge is 0.231 e. The van der Waals surface area contributed by atoms with Crippen molar-refractivity contribution in [3.05, 3.63) is 35.9 Å². The van der Waals surface area contributed by atoms with Crippen LogP contribution in [0.25, 0.3) is 0 Å². The second-order valence-electron chi connectivity index (χ2n) is 7.85. The molecular formula is C21H29NO3. The molecule has 1 aromatic rings. The molecule has 1 N–H and O–H groups in total. The van der Waals surface area contributed by atoms with Gasteiger partial charge in [-0.25, -0.2) is 0 Å². The average Bonchev–Trinajstić information content (AvgIpc) is 2.60. The van der Waals surface area contributed by atoms with Crippen LogP contribution in [-0.2, 0) is 19.7 Å². The van der Waals surface area contributed by atoms with Gasteiger partial charge in [0.15, 0.2) is 0 Å². The SMILES string of the molecule is CCO[C@@H]1C[C@@H](NC(=O)C2(c3ccccc3)CCOCC2)C12CCC2. The highest BCUT2D eigenvalue weighted by molar-refractivity contribution is 5.88. The van der Waals surface area contributed by atoms with Gasteiger partial charge in [0.2, 0.25) is 5.91 Å². The minimum Gasteiger partial charge on any atom is -0.381 e. The molecule has 1 saturated heterocycles. The van der Waals surface area contributed by atoms with Crippen molar-refractivity contribution in [3.8, 4) is 0 Å². The number of carbonyl (C=O) groups is 1. The maximum atomic E-state index is 13.4. The van der Waals surface area contributed by atoms with Crippen LogP contribution in [0.4, 0.5) is 0 Å². The average molecular weight is 343 g/mol. The molecule has 4 rings (SSSR count). The number of amides is 1. The van der Waals surface area contributed by atoms with Crippen LogP contribution in [0.1, 0.15) is 51.0 Å². The highest BCUT2D eigenvalue weighted by Crippen LogP contribution is 2.57. The molecule has 0 bridgehead atoms. The van der Waals surface area contributed by atoms with Crippen LogP contribution >= 0.6 is 0 Å². The van der Waals surface area contributed by atoms with E-state index in [0.29, 0.717) is 19.3 Å². The molecule has 3 aliphatic rings. The Kier molecular flexibility index (Phi) is 4.59. The van der Waals surface area contributed by atoms with E-state index in [1.54, 1.807) is 0 Å². The van der Waals surface area contributed by atoms with E-state index in [1.807, 2.05) is 18.2 Å². The third kappa shape index (κ3) is 2.70. The highest BCUT2D eigenvalue weighted by atomic mass is 16.5. The van der Waals surface area contributed by atoms with Crippen molar-refractivity contribution in [2.45, 2.75) is 63.0 Å². The van der Waals surface area contributed by atoms with Crippen molar-refractivity contribution in [2.75, 3.05) is 19.8 Å². The zero-order chi connectivity index (χ0) is 17.3. The van der Waals surface area contributed by atoms with Gasteiger partial charge in [-0.15, -0.1) is 0 Å². The summed E-state index contributed by atoms with van der Waals surface area (Å²) >= 11 is 0. The predicted octanol–water partition coefficient (Wildman–Crippen LogP) is 3.20. The van der Waals surface area contributed by atoms with Crippen molar-refractivity contribution in [1.82, 2.24) is 5.32 Å². The van der Waals surface area contributed by atoms with Crippen LogP contribution in [-0.4, -0.2) is 37.9 Å². The van der Waals surface area contributed by atoms with Crippen LogP contribution < -0.4 is 5.32 Å². The van der Waals surface area contributed by atoms with Crippen molar-refractivity contribution >= 4 is 5.91 Å². The molecule has 0 radical (unpaired) electrons. The van der Waals surface area contributed by atoms with Gasteiger partial charge in [-0.1, -0.05) is 36.8 Å². The summed E-state index contributed by atoms with van der Waals surface area (Å²) in [6.07, 6.45) is 6.44. The first-order valence-corrected chi connectivity index (χ1v) is 9.77. The van der Waals surface area contributed by atoms with E-state index in [4.69, 9.17) is 9.47 Å². The van der Waals surface area contributed by atoms with Gasteiger partial charge in [0, 0.05) is 31.3 Å². The lowest BCUT2D eigenvalue weighted by atomic mass is 9.50. The predicted molar refractivity (Wildman–Crippen MR) is 96.4 cm³/mol. The molecule has 136 valence electrons. The molecule has 0 unspecified atom stereocenters. The van der Waals surface area contributed by atoms with Crippen LogP contribution in [0.5, 0.6) is 0 Å². The van der Waals surface area contributed by atoms with E-state index >= 15 is 0 Å². The fraction of sp³-hybridized carbons (Fsp3) is 0.667. The van der Waals surface area contributed by atoms with Gasteiger partial charge in [0.1, 0.15) is 0 Å². The second kappa shape index (κ2) is 6.73. The van der Waals surface area contributed by atoms with Crippen LogP contribution in [0, 0.1) is 5.41 Å². The van der Waals surface area contributed by atoms with Gasteiger partial charge >= 0.3 is 0 Å². The lowest BCUT2D eigenvalue weighted by molar-refractivity contribution is -0.178. The molecule has 4 nitrogen and oxygen atoms in total. The molecule has 2 atom stereocenters. The monoisotopic (exact) mass is 343 g/mol. The maximum absolute atomic E-state index is 13.4. The number of benzene rings is 1. The normalized spacial score (nSPS) is 29.5. The van der Waals surface area contributed by atoms with Gasteiger partial charge in [0.25, 0.3) is 0 Å². The van der Waals surface area contributed by atoms with Crippen LogP contribution in [0.15, 0.2) is 30.3 Å². The van der Waals surface area contributed by atoms with Crippen LogP contribution in [0.2, 0.25) is 0 Å². The molecular weight excluding hydrogens is 314 g/mol. The summed E-state index contributed by atoms with van der Waals surface area (Å²) in [5.41, 5.74) is 0.884. The van der Waals surface area contributed by atoms with Crippen molar-refractivity contribution < 1.29 is 14.3 Å². The number of ether oxygens (including phenoxy) is 2. The standard InChI is InChI=1S/C21H29NO3/c1-2-25-18-15-17(21(18)9-6-10-21)22-19(23)20(11-13-24-14-12-20)16-7-4-3-5-8-16/h3-5,7-8,17-18H,2,6,9-15H2,1H3,(H,22,23)/t17-,18-/m1/s1. The molecule has 2 aliphatic carbocycles. The fourth-order valence-corrected chi connectivity index (χ4v) is 5.06. The number of rotatable bonds is 5. The molecule has 1 spiro atoms. The van der Waals surface area contributed by atoms with E-state index in [2.05, 4.69) is 24.4 Å². The Morgan fingerprint density at radius 1 is 1.20 bits per heavy atom. The van der Waals surface area contributed by atoms with Crippen molar-refractivity contribution in [3.63, 3.8) is 0 Å². The van der Waals surface area contributed by atoms with Crippen molar-refractivity contribution in [2.24, 2.45) is 5.41 Å². The fourth-order valence-electron chi connectivity index (χ4n) is 5.06. The summed E-state index contributed by atoms with van der Waals surface area (Å²) in [5.74, 6) is 0.188. The van der Waals surface area contributed by atoms with E-state index in [1.165, 1.54) is 19.3 Å². The summed E-state index contributed by atoms with van der Waals surface area (Å²) in [6, 6.07) is 10.5. The van der Waals surface area contributed by atoms with E-state index in [9.17, 15) is 4.79 Å². The third-order valence-corrected chi connectivity index (χ3v) is 6.85. The summed E-state index contributed by atoms with van der Waals surface area (Å²) in [4.78, 5) is 13.4. The molecule has 2 saturated carbocycles. The van der Waals surface area contributed by atoms with Gasteiger partial charge < -0.3 is 14.8 Å². The minimum atomic E-state index is -0.443. The number of nitrogens with one attached hydrogen (secondary N) is 1. The molecule has 1 aromatic carbocycles. The number of hydrogen-bond acceptors (Lipinski definition) is 3. The first-order chi connectivity index (χ1) is 12.2. The van der Waals surface area contributed by atoms with Gasteiger partial charge in [-0.2, -0.15) is 0 Å². The molecule has 25 heavy (non-hydrogen) atoms. The first-order valence-electron chi connectivity index (χ1n) is 9.77. The van der Waals surface area contributed by atoms with Crippen LogP contribution in [0.3, 0.4) is 0 Å². The zero-order valence-corrected chi connectivity index (χ0v) is 15.1. The Hall–Kier alpha value is -1.39. The number of hydrogen-bond donors (Lipinski definition) is 1. The molecule has 4 heteroatoms. The maximum Gasteiger partial charge on any atom is 0.231 e. The summed E-state index contributed by atoms with van der Waals surface area (Å²) in [6.45, 7) is 4.13. The van der Waals surface area contributed by atoms with E-state index < -0.39 is 5.41 Å². The largest absolute Gasteiger partial charge is 0.381 e. The number of carbonyl (C=O) groups excluding carboxylic acids is 1. The van der Waals surface area contributed by atoms with Crippen molar-refractivity contribution in [1.29, 1.82) is 0 Å². The lowest BCUT2D eigenvalue weighted by Gasteiger charge is -2.61. The van der Waals surface area contributed by atoms with Gasteiger partial charge in [-0.3, -0.25) is 4.79 Å². The quantitative estimate of drug-likeness (QED) is 0.893. The molecule has 1 heterocycles. The summed E-state index contributed by atoms with van der Waals surface area (Å²) in [5, 5.41) is 3.43. The highest BCUT2D eigenvalue weighted by Gasteiger charge is 2.60. The molecule has 1 amide bonds. The van der Waals surface area contributed by atoms with E-state index in [0.717, 1.165) is 31.4 Å². The Labute approximate surface area is 150 Å².